The fourth-order valence-corrected chi connectivity index (χ4v) is 4.06. The molecule has 2 aromatic rings. The second-order valence-corrected chi connectivity index (χ2v) is 8.07. The van der Waals surface area contributed by atoms with Crippen molar-refractivity contribution >= 4 is 29.7 Å². The molecule has 2 aromatic carbocycles. The van der Waals surface area contributed by atoms with Gasteiger partial charge in [0.2, 0.25) is 18.6 Å². The number of hydroxylamine groups is 1. The number of anilines is 1. The lowest BCUT2D eigenvalue weighted by molar-refractivity contribution is -0.109. The average Bonchev–Trinajstić information content (AvgIpc) is 2.93. The van der Waals surface area contributed by atoms with Crippen molar-refractivity contribution in [2.24, 2.45) is 15.7 Å². The van der Waals surface area contributed by atoms with Gasteiger partial charge in [0.25, 0.3) is 6.02 Å². The van der Waals surface area contributed by atoms with Crippen molar-refractivity contribution in [1.82, 2.24) is 10.2 Å². The zero-order chi connectivity index (χ0) is 26.2. The first-order valence-corrected chi connectivity index (χ1v) is 11.7. The van der Waals surface area contributed by atoms with E-state index in [1.807, 2.05) is 47.4 Å². The Morgan fingerprint density at radius 3 is 2.62 bits per heavy atom. The van der Waals surface area contributed by atoms with Gasteiger partial charge in [-0.25, -0.2) is 10.1 Å². The summed E-state index contributed by atoms with van der Waals surface area (Å²) in [4.78, 5) is 22.1. The van der Waals surface area contributed by atoms with E-state index in [-0.39, 0.29) is 11.9 Å². The van der Waals surface area contributed by atoms with Gasteiger partial charge >= 0.3 is 0 Å². The van der Waals surface area contributed by atoms with Crippen LogP contribution in [-0.4, -0.2) is 66.7 Å². The molecule has 2 heterocycles. The molecule has 0 aliphatic carbocycles. The lowest BCUT2D eigenvalue weighted by Gasteiger charge is -2.31. The highest BCUT2D eigenvalue weighted by Gasteiger charge is 2.28. The number of fused-ring (bicyclic) bond motifs is 1. The van der Waals surface area contributed by atoms with E-state index in [0.29, 0.717) is 55.5 Å². The summed E-state index contributed by atoms with van der Waals surface area (Å²) in [6.45, 7) is 3.83. The Bertz CT molecular complexity index is 1250. The number of allylic oxidation sites excluding steroid dienone is 1. The van der Waals surface area contributed by atoms with Crippen LogP contribution >= 0.6 is 0 Å². The molecule has 0 spiro atoms. The van der Waals surface area contributed by atoms with Gasteiger partial charge in [-0.1, -0.05) is 60.7 Å². The number of nitrogens with one attached hydrogen (secondary N) is 2. The SMILES string of the molecule is C/C=C\C(C(=N)OC(N)=NC1N=C(c2ccccc2)c2ccccc2N1O)=C(/NC=O)N1CCOCC1. The number of amides is 1. The maximum Gasteiger partial charge on any atom is 0.292 e. The fourth-order valence-electron chi connectivity index (χ4n) is 4.06. The van der Waals surface area contributed by atoms with E-state index in [9.17, 15) is 10.0 Å². The molecule has 37 heavy (non-hydrogen) atoms. The van der Waals surface area contributed by atoms with Crippen LogP contribution in [0.3, 0.4) is 0 Å². The number of benzene rings is 2. The quantitative estimate of drug-likeness (QED) is 0.196. The monoisotopic (exact) mass is 503 g/mol. The van der Waals surface area contributed by atoms with Crippen LogP contribution in [0.4, 0.5) is 5.69 Å². The number of aliphatic imine (C=N–C) groups is 2. The highest BCUT2D eigenvalue weighted by molar-refractivity contribution is 6.17. The summed E-state index contributed by atoms with van der Waals surface area (Å²) in [5.74, 6) is 0.0668. The largest absolute Gasteiger partial charge is 0.407 e. The number of carbonyl (C=O) groups is 1. The standard InChI is InChI=1S/C26H29N7O4/c1-2-8-20(24(29-17-34)32-13-15-36-16-14-32)23(27)37-25(28)31-26-30-22(18-9-4-3-5-10-18)19-11-6-7-12-21(19)33(26)35/h2-12,17,26-27,35H,13-16H2,1H3,(H2,28,31)(H,29,34)/b8-2-,24-20-,27-23?. The number of para-hydroxylation sites is 1. The van der Waals surface area contributed by atoms with Gasteiger partial charge in [0, 0.05) is 24.2 Å². The molecule has 5 N–H and O–H groups in total. The third kappa shape index (κ3) is 5.85. The Hall–Kier alpha value is -4.48. The minimum Gasteiger partial charge on any atom is -0.407 e. The van der Waals surface area contributed by atoms with E-state index < -0.39 is 6.29 Å². The maximum absolute atomic E-state index is 11.3. The summed E-state index contributed by atoms with van der Waals surface area (Å²) in [5.41, 5.74) is 9.10. The molecule has 11 heteroatoms. The molecule has 11 nitrogen and oxygen atoms in total. The first-order valence-electron chi connectivity index (χ1n) is 11.7. The van der Waals surface area contributed by atoms with Crippen LogP contribution in [0.25, 0.3) is 0 Å². The van der Waals surface area contributed by atoms with Crippen molar-refractivity contribution in [2.75, 3.05) is 31.4 Å². The van der Waals surface area contributed by atoms with Crippen LogP contribution in [0.5, 0.6) is 0 Å². The number of amidine groups is 1. The molecule has 1 unspecified atom stereocenters. The number of hydrogen-bond donors (Lipinski definition) is 4. The van der Waals surface area contributed by atoms with Gasteiger partial charge in [-0.3, -0.25) is 15.4 Å². The molecule has 2 aliphatic heterocycles. The summed E-state index contributed by atoms with van der Waals surface area (Å²) >= 11 is 0. The first kappa shape index (κ1) is 25.6. The smallest absolute Gasteiger partial charge is 0.292 e. The van der Waals surface area contributed by atoms with Gasteiger partial charge in [-0.05, 0) is 13.0 Å². The van der Waals surface area contributed by atoms with Crippen LogP contribution in [0.2, 0.25) is 0 Å². The van der Waals surface area contributed by atoms with Gasteiger partial charge < -0.3 is 25.4 Å². The molecule has 0 bridgehead atoms. The fraction of sp³-hybridized carbons (Fsp3) is 0.231. The van der Waals surface area contributed by atoms with Crippen LogP contribution in [0, 0.1) is 5.41 Å². The maximum atomic E-state index is 11.3. The molecular formula is C26H29N7O4. The summed E-state index contributed by atoms with van der Waals surface area (Å²) in [5, 5.41) is 23.0. The molecule has 4 rings (SSSR count). The Morgan fingerprint density at radius 2 is 1.92 bits per heavy atom. The van der Waals surface area contributed by atoms with E-state index in [1.54, 1.807) is 31.2 Å². The van der Waals surface area contributed by atoms with E-state index in [0.717, 1.165) is 16.2 Å². The van der Waals surface area contributed by atoms with Gasteiger partial charge in [0.15, 0.2) is 0 Å². The van der Waals surface area contributed by atoms with E-state index in [2.05, 4.69) is 15.3 Å². The van der Waals surface area contributed by atoms with Gasteiger partial charge in [-0.15, -0.1) is 0 Å². The van der Waals surface area contributed by atoms with Crippen molar-refractivity contribution in [3.05, 3.63) is 89.3 Å². The molecule has 1 amide bonds. The third-order valence-electron chi connectivity index (χ3n) is 5.72. The average molecular weight is 504 g/mol. The van der Waals surface area contributed by atoms with Crippen LogP contribution < -0.4 is 16.1 Å². The van der Waals surface area contributed by atoms with Gasteiger partial charge in [-0.2, -0.15) is 4.99 Å². The lowest BCUT2D eigenvalue weighted by atomic mass is 9.99. The highest BCUT2D eigenvalue weighted by Crippen LogP contribution is 2.30. The van der Waals surface area contributed by atoms with Gasteiger partial charge in [0.1, 0.15) is 5.82 Å². The number of morpholine rings is 1. The Balaban J connectivity index is 1.64. The van der Waals surface area contributed by atoms with Crippen molar-refractivity contribution in [3.63, 3.8) is 0 Å². The molecule has 0 saturated carbocycles. The zero-order valence-electron chi connectivity index (χ0n) is 20.4. The molecule has 1 fully saturated rings. The summed E-state index contributed by atoms with van der Waals surface area (Å²) in [6.07, 6.45) is 2.76. The summed E-state index contributed by atoms with van der Waals surface area (Å²) in [7, 11) is 0. The molecule has 192 valence electrons. The summed E-state index contributed by atoms with van der Waals surface area (Å²) in [6, 6.07) is 16.4. The molecule has 1 atom stereocenters. The number of ether oxygens (including phenoxy) is 2. The predicted molar refractivity (Wildman–Crippen MR) is 140 cm³/mol. The van der Waals surface area contributed by atoms with Crippen LogP contribution in [0.1, 0.15) is 18.1 Å². The zero-order valence-corrected chi connectivity index (χ0v) is 20.4. The molecule has 1 saturated heterocycles. The molecule has 0 aromatic heterocycles. The Kier molecular flexibility index (Phi) is 8.29. The van der Waals surface area contributed by atoms with Gasteiger partial charge in [0.05, 0.1) is 30.2 Å². The minimum atomic E-state index is -1.14. The van der Waals surface area contributed by atoms with E-state index in [4.69, 9.17) is 20.6 Å². The lowest BCUT2D eigenvalue weighted by Crippen LogP contribution is -2.41. The van der Waals surface area contributed by atoms with Crippen molar-refractivity contribution < 1.29 is 19.5 Å². The second kappa shape index (κ2) is 12.0. The predicted octanol–water partition coefficient (Wildman–Crippen LogP) is 2.19. The Labute approximate surface area is 214 Å². The van der Waals surface area contributed by atoms with Crippen molar-refractivity contribution in [2.45, 2.75) is 13.2 Å². The van der Waals surface area contributed by atoms with Crippen molar-refractivity contribution in [3.8, 4) is 0 Å². The van der Waals surface area contributed by atoms with E-state index in [1.165, 1.54) is 0 Å². The minimum absolute atomic E-state index is 0.304. The molecule has 0 radical (unpaired) electrons. The first-order chi connectivity index (χ1) is 18.0. The molecule has 2 aliphatic rings. The summed E-state index contributed by atoms with van der Waals surface area (Å²) < 4.78 is 10.9. The number of nitrogens with zero attached hydrogens (tertiary/aromatic N) is 4. The van der Waals surface area contributed by atoms with Crippen molar-refractivity contribution in [1.29, 1.82) is 5.41 Å². The number of hydrogen-bond acceptors (Lipinski definition) is 9. The second-order valence-electron chi connectivity index (χ2n) is 8.07. The number of carbonyl (C=O) groups excluding carboxylic acids is 1. The number of nitrogens with two attached hydrogens (primary N) is 1. The Morgan fingerprint density at radius 1 is 1.22 bits per heavy atom. The van der Waals surface area contributed by atoms with E-state index >= 15 is 0 Å². The topological polar surface area (TPSA) is 149 Å². The molecular weight excluding hydrogens is 474 g/mol. The third-order valence-corrected chi connectivity index (χ3v) is 5.72. The normalized spacial score (nSPS) is 18.6. The van der Waals surface area contributed by atoms with Crippen LogP contribution in [0.15, 0.2) is 88.1 Å². The highest BCUT2D eigenvalue weighted by atomic mass is 16.5. The van der Waals surface area contributed by atoms with Crippen LogP contribution in [-0.2, 0) is 14.3 Å². The number of rotatable bonds is 7.